The number of rotatable bonds is 11. The zero-order valence-electron chi connectivity index (χ0n) is 44.1. The first kappa shape index (κ1) is 48.6. The minimum absolute atomic E-state index is 0.110. The van der Waals surface area contributed by atoms with E-state index in [1.165, 1.54) is 16.7 Å². The van der Waals surface area contributed by atoms with E-state index in [0.29, 0.717) is 11.4 Å². The Labute approximate surface area is 452 Å². The van der Waals surface area contributed by atoms with Crippen LogP contribution in [0.2, 0.25) is 0 Å². The summed E-state index contributed by atoms with van der Waals surface area (Å²) in [5, 5.41) is 12.9. The van der Waals surface area contributed by atoms with Crippen LogP contribution >= 0.6 is 0 Å². The Morgan fingerprint density at radius 2 is 0.870 bits per heavy atom. The Hall–Kier alpha value is -9.38. The lowest BCUT2D eigenvalue weighted by atomic mass is 9.77. The molecule has 4 heteroatoms. The van der Waals surface area contributed by atoms with E-state index in [0.717, 1.165) is 94.7 Å². The number of phenols is 1. The van der Waals surface area contributed by atoms with Crippen molar-refractivity contribution >= 4 is 11.0 Å². The van der Waals surface area contributed by atoms with Crippen molar-refractivity contribution in [2.45, 2.75) is 45.4 Å². The van der Waals surface area contributed by atoms with Gasteiger partial charge in [0.2, 0.25) is 0 Å². The van der Waals surface area contributed by atoms with Gasteiger partial charge in [-0.15, -0.1) is 0 Å². The topological polar surface area (TPSA) is 50.9 Å². The van der Waals surface area contributed by atoms with Crippen molar-refractivity contribution in [2.24, 2.45) is 0 Å². The van der Waals surface area contributed by atoms with Crippen molar-refractivity contribution in [2.75, 3.05) is 0 Å². The molecule has 1 N–H and O–H groups in total. The van der Waals surface area contributed by atoms with Crippen LogP contribution in [0, 0.1) is 0 Å². The van der Waals surface area contributed by atoms with Crippen LogP contribution in [-0.2, 0) is 10.8 Å². The number of hydrogen-bond donors (Lipinski definition) is 1. The second-order valence-corrected chi connectivity index (χ2v) is 21.6. The molecule has 10 aromatic carbocycles. The Morgan fingerprint density at radius 3 is 1.52 bits per heavy atom. The highest BCUT2D eigenvalue weighted by molar-refractivity contribution is 5.99. The molecule has 77 heavy (non-hydrogen) atoms. The second kappa shape index (κ2) is 20.0. The molecule has 372 valence electrons. The number of hydrogen-bond acceptors (Lipinski definition) is 3. The molecule has 4 nitrogen and oxygen atoms in total. The van der Waals surface area contributed by atoms with E-state index in [4.69, 9.17) is 9.97 Å². The molecule has 2 heterocycles. The van der Waals surface area contributed by atoms with Gasteiger partial charge in [0, 0.05) is 33.9 Å². The van der Waals surface area contributed by atoms with Gasteiger partial charge in [0.15, 0.2) is 0 Å². The molecule has 0 aliphatic heterocycles. The lowest BCUT2D eigenvalue weighted by Crippen LogP contribution is -2.18. The summed E-state index contributed by atoms with van der Waals surface area (Å²) in [5.41, 5.74) is 20.8. The molecule has 12 rings (SSSR count). The zero-order valence-corrected chi connectivity index (χ0v) is 44.1. The van der Waals surface area contributed by atoms with Gasteiger partial charge in [-0.2, -0.15) is 0 Å². The predicted octanol–water partition coefficient (Wildman–Crippen LogP) is 19.1. The molecule has 0 bridgehead atoms. The number of phenolic OH excluding ortho intramolecular Hbond substituents is 1. The molecule has 0 fully saturated rings. The molecule has 0 saturated heterocycles. The van der Waals surface area contributed by atoms with Crippen LogP contribution in [0.5, 0.6) is 5.75 Å². The van der Waals surface area contributed by atoms with E-state index < -0.39 is 0 Å². The van der Waals surface area contributed by atoms with Crippen molar-refractivity contribution < 1.29 is 5.11 Å². The third kappa shape index (κ3) is 9.45. The fraction of sp³-hybridized carbons (Fsp3) is 0.0959. The molecular formula is C73H59N3O. The van der Waals surface area contributed by atoms with Gasteiger partial charge in [0.1, 0.15) is 11.6 Å². The fourth-order valence-electron chi connectivity index (χ4n) is 10.8. The number of nitrogens with zero attached hydrogens (tertiary/aromatic N) is 3. The maximum absolute atomic E-state index is 12.9. The average molecular weight is 994 g/mol. The number of pyridine rings is 1. The Bertz CT molecular complexity index is 4080. The molecule has 0 radical (unpaired) electrons. The first-order valence-corrected chi connectivity index (χ1v) is 26.5. The zero-order chi connectivity index (χ0) is 52.7. The Kier molecular flexibility index (Phi) is 12.6. The van der Waals surface area contributed by atoms with Gasteiger partial charge in [0.05, 0.1) is 28.0 Å². The predicted molar refractivity (Wildman–Crippen MR) is 321 cm³/mol. The summed E-state index contributed by atoms with van der Waals surface area (Å²) < 4.78 is 2.27. The van der Waals surface area contributed by atoms with Gasteiger partial charge < -0.3 is 5.11 Å². The van der Waals surface area contributed by atoms with E-state index in [9.17, 15) is 5.11 Å². The van der Waals surface area contributed by atoms with Crippen molar-refractivity contribution in [3.8, 4) is 101 Å². The van der Waals surface area contributed by atoms with Gasteiger partial charge >= 0.3 is 0 Å². The average Bonchev–Trinajstić information content (AvgIpc) is 4.00. The lowest BCUT2D eigenvalue weighted by molar-refractivity contribution is 0.479. The summed E-state index contributed by atoms with van der Waals surface area (Å²) in [7, 11) is 0. The van der Waals surface area contributed by atoms with Crippen LogP contribution in [0.4, 0.5) is 0 Å². The minimum Gasteiger partial charge on any atom is -0.507 e. The smallest absolute Gasteiger partial charge is 0.149 e. The monoisotopic (exact) mass is 993 g/mol. The molecule has 0 aliphatic carbocycles. The molecule has 12 aromatic rings. The van der Waals surface area contributed by atoms with Gasteiger partial charge in [-0.05, 0) is 133 Å². The highest BCUT2D eigenvalue weighted by Gasteiger charge is 2.27. The lowest BCUT2D eigenvalue weighted by Gasteiger charge is -2.26. The van der Waals surface area contributed by atoms with Gasteiger partial charge in [-0.1, -0.05) is 229 Å². The SMILES string of the molecule is CC(C)(C)c1ccc(-n2c(-c3cc(-c4ccccc4)cc(-c4ccccc4)c3O)nc3c(-c4cc(-c5ccccc5)cc(-c5cc(-c6cccc(C(C)(C)c7ccccc7)c6)ccn5)c4)cccc32)c(-c2ccccc2)c1. The van der Waals surface area contributed by atoms with Crippen LogP contribution in [0.3, 0.4) is 0 Å². The van der Waals surface area contributed by atoms with Gasteiger partial charge in [-0.3, -0.25) is 9.55 Å². The first-order valence-electron chi connectivity index (χ1n) is 26.5. The fourth-order valence-corrected chi connectivity index (χ4v) is 10.8. The third-order valence-electron chi connectivity index (χ3n) is 15.2. The Morgan fingerprint density at radius 1 is 0.351 bits per heavy atom. The molecule has 0 atom stereocenters. The van der Waals surface area contributed by atoms with Crippen LogP contribution in [0.25, 0.3) is 106 Å². The van der Waals surface area contributed by atoms with Gasteiger partial charge in [-0.25, -0.2) is 4.98 Å². The summed E-state index contributed by atoms with van der Waals surface area (Å²) in [5.74, 6) is 0.794. The molecule has 0 spiro atoms. The van der Waals surface area contributed by atoms with Crippen LogP contribution in [0.15, 0.2) is 261 Å². The molecule has 0 aliphatic rings. The maximum atomic E-state index is 12.9. The number of aromatic hydroxyl groups is 1. The first-order chi connectivity index (χ1) is 37.5. The molecule has 0 saturated carbocycles. The van der Waals surface area contributed by atoms with E-state index in [2.05, 4.69) is 270 Å². The number of imidazole rings is 1. The molecule has 2 aromatic heterocycles. The molecule has 0 unspecified atom stereocenters. The largest absolute Gasteiger partial charge is 0.507 e. The standard InChI is InChI=1S/C73H59N3O/c1-72(2,3)60-37-38-67(63(48-60)51-27-15-8-16-28-51)76-68-36-22-35-62(69(68)75-71(76)65-46-56(50-25-13-7-14-26-50)45-64(70(65)77)52-29-17-9-18-30-52)57-41-55(49-23-11-6-12-24-49)42-58(43-57)66-47-54(39-40-74-66)53-31-21-34-61(44-53)73(4,5)59-32-19-10-20-33-59/h6-48,77H,1-5H3. The number of para-hydroxylation sites is 1. The summed E-state index contributed by atoms with van der Waals surface area (Å²) in [6.45, 7) is 11.4. The number of benzene rings is 10. The summed E-state index contributed by atoms with van der Waals surface area (Å²) >= 11 is 0. The van der Waals surface area contributed by atoms with Crippen LogP contribution in [0.1, 0.15) is 51.3 Å². The third-order valence-corrected chi connectivity index (χ3v) is 15.2. The van der Waals surface area contributed by atoms with Gasteiger partial charge in [0.25, 0.3) is 0 Å². The number of aromatic nitrogens is 3. The normalized spacial score (nSPS) is 11.8. The second-order valence-electron chi connectivity index (χ2n) is 21.6. The highest BCUT2D eigenvalue weighted by atomic mass is 16.3. The maximum Gasteiger partial charge on any atom is 0.149 e. The molecular weight excluding hydrogens is 935 g/mol. The summed E-state index contributed by atoms with van der Waals surface area (Å²) in [6.07, 6.45) is 1.93. The quantitative estimate of drug-likeness (QED) is 0.140. The highest BCUT2D eigenvalue weighted by Crippen LogP contribution is 2.47. The van der Waals surface area contributed by atoms with Crippen molar-refractivity contribution in [3.05, 3.63) is 278 Å². The van der Waals surface area contributed by atoms with E-state index in [-0.39, 0.29) is 16.6 Å². The summed E-state index contributed by atoms with van der Waals surface area (Å²) in [6, 6.07) is 90.0. The van der Waals surface area contributed by atoms with Crippen molar-refractivity contribution in [1.82, 2.24) is 14.5 Å². The minimum atomic E-state index is -0.188. The van der Waals surface area contributed by atoms with Crippen molar-refractivity contribution in [3.63, 3.8) is 0 Å². The van der Waals surface area contributed by atoms with Crippen LogP contribution < -0.4 is 0 Å². The van der Waals surface area contributed by atoms with E-state index in [1.807, 2.05) is 30.5 Å². The Balaban J connectivity index is 1.10. The van der Waals surface area contributed by atoms with Crippen LogP contribution in [-0.4, -0.2) is 19.6 Å². The number of fused-ring (bicyclic) bond motifs is 1. The van der Waals surface area contributed by atoms with E-state index >= 15 is 0 Å². The summed E-state index contributed by atoms with van der Waals surface area (Å²) in [4.78, 5) is 10.8. The molecule has 0 amide bonds. The van der Waals surface area contributed by atoms with E-state index in [1.54, 1.807) is 0 Å². The van der Waals surface area contributed by atoms with Crippen molar-refractivity contribution in [1.29, 1.82) is 0 Å².